The Morgan fingerprint density at radius 3 is 3.09 bits per heavy atom. The molecule has 1 saturated heterocycles. The van der Waals surface area contributed by atoms with Crippen molar-refractivity contribution in [2.24, 2.45) is 28.2 Å². The second-order valence-corrected chi connectivity index (χ2v) is 8.98. The van der Waals surface area contributed by atoms with Crippen molar-refractivity contribution in [2.45, 2.75) is 39.5 Å². The second kappa shape index (κ2) is 5.81. The molecule has 2 heterocycles. The molecule has 122 valence electrons. The highest BCUT2D eigenvalue weighted by atomic mass is 32.2. The van der Waals surface area contributed by atoms with Gasteiger partial charge in [-0.2, -0.15) is 11.8 Å². The van der Waals surface area contributed by atoms with Crippen molar-refractivity contribution in [1.29, 1.82) is 0 Å². The summed E-state index contributed by atoms with van der Waals surface area (Å²) in [5, 5.41) is 0. The van der Waals surface area contributed by atoms with Gasteiger partial charge in [-0.3, -0.25) is 4.99 Å². The zero-order valence-corrected chi connectivity index (χ0v) is 15.2. The monoisotopic (exact) mass is 325 g/mol. The molecule has 2 aliphatic heterocycles. The van der Waals surface area contributed by atoms with Crippen LogP contribution in [-0.2, 0) is 0 Å². The third-order valence-corrected chi connectivity index (χ3v) is 7.50. The Balaban J connectivity index is 1.69. The summed E-state index contributed by atoms with van der Waals surface area (Å²) in [6.45, 7) is 8.54. The lowest BCUT2D eigenvalue weighted by Crippen LogP contribution is -2.21. The Bertz CT molecular complexity index is 645. The average molecular weight is 326 g/mol. The number of hydrogen-bond donors (Lipinski definition) is 0. The highest BCUT2D eigenvalue weighted by molar-refractivity contribution is 7.99. The van der Waals surface area contributed by atoms with Gasteiger partial charge in [-0.25, -0.2) is 0 Å². The van der Waals surface area contributed by atoms with Gasteiger partial charge in [0.05, 0.1) is 5.70 Å². The van der Waals surface area contributed by atoms with Crippen LogP contribution in [0.3, 0.4) is 0 Å². The van der Waals surface area contributed by atoms with Gasteiger partial charge in [0.1, 0.15) is 0 Å². The zero-order valence-electron chi connectivity index (χ0n) is 14.3. The molecule has 4 unspecified atom stereocenters. The maximum Gasteiger partial charge on any atom is 0.0634 e. The Morgan fingerprint density at radius 2 is 2.35 bits per heavy atom. The summed E-state index contributed by atoms with van der Waals surface area (Å²) in [6, 6.07) is 0. The third kappa shape index (κ3) is 2.59. The highest BCUT2D eigenvalue weighted by Crippen LogP contribution is 2.64. The molecule has 1 saturated carbocycles. The normalized spacial score (nSPS) is 39.0. The molecule has 4 atom stereocenters. The number of allylic oxidation sites excluding steroid dienone is 6. The lowest BCUT2D eigenvalue weighted by atomic mass is 9.77. The van der Waals surface area contributed by atoms with Crippen molar-refractivity contribution in [3.8, 4) is 0 Å². The summed E-state index contributed by atoms with van der Waals surface area (Å²) in [5.74, 6) is 4.81. The van der Waals surface area contributed by atoms with E-state index in [2.05, 4.69) is 50.4 Å². The molecule has 0 aromatic heterocycles. The molecule has 0 N–H and O–H groups in total. The molecule has 0 aromatic carbocycles. The van der Waals surface area contributed by atoms with Crippen molar-refractivity contribution < 1.29 is 0 Å². The maximum atomic E-state index is 4.98. The van der Waals surface area contributed by atoms with Crippen LogP contribution in [0, 0.1) is 23.2 Å². The molecule has 2 heteroatoms. The van der Waals surface area contributed by atoms with E-state index >= 15 is 0 Å². The first-order valence-electron chi connectivity index (χ1n) is 9.02. The first kappa shape index (κ1) is 15.5. The maximum absolute atomic E-state index is 4.98. The molecule has 0 radical (unpaired) electrons. The van der Waals surface area contributed by atoms with E-state index in [0.717, 1.165) is 5.92 Å². The Kier molecular flexibility index (Phi) is 3.91. The number of nitrogens with zero attached hydrogens (tertiary/aromatic N) is 1. The molecule has 23 heavy (non-hydrogen) atoms. The summed E-state index contributed by atoms with van der Waals surface area (Å²) in [4.78, 5) is 4.98. The van der Waals surface area contributed by atoms with E-state index in [1.165, 1.54) is 48.6 Å². The Morgan fingerprint density at radius 1 is 1.48 bits per heavy atom. The minimum absolute atomic E-state index is 0.359. The molecule has 0 spiro atoms. The molecule has 0 bridgehead atoms. The van der Waals surface area contributed by atoms with E-state index in [9.17, 15) is 0 Å². The zero-order chi connectivity index (χ0) is 16.0. The van der Waals surface area contributed by atoms with Gasteiger partial charge in [-0.1, -0.05) is 37.8 Å². The number of fused-ring (bicyclic) bond motifs is 2. The van der Waals surface area contributed by atoms with Gasteiger partial charge >= 0.3 is 0 Å². The predicted octanol–water partition coefficient (Wildman–Crippen LogP) is 5.57. The quantitative estimate of drug-likeness (QED) is 0.615. The van der Waals surface area contributed by atoms with Crippen molar-refractivity contribution >= 4 is 17.5 Å². The molecule has 2 fully saturated rings. The molecular weight excluding hydrogens is 298 g/mol. The molecule has 0 aromatic rings. The Labute approximate surface area is 144 Å². The first-order chi connectivity index (χ1) is 11.1. The van der Waals surface area contributed by atoms with Crippen molar-refractivity contribution in [3.63, 3.8) is 0 Å². The fourth-order valence-corrected chi connectivity index (χ4v) is 5.85. The minimum Gasteiger partial charge on any atom is -0.257 e. The number of hydrogen-bond acceptors (Lipinski definition) is 2. The summed E-state index contributed by atoms with van der Waals surface area (Å²) >= 11 is 2.14. The summed E-state index contributed by atoms with van der Waals surface area (Å²) in [5.41, 5.74) is 6.09. The summed E-state index contributed by atoms with van der Waals surface area (Å²) < 4.78 is 0. The van der Waals surface area contributed by atoms with Crippen LogP contribution in [0.15, 0.2) is 52.7 Å². The smallest absolute Gasteiger partial charge is 0.0634 e. The van der Waals surface area contributed by atoms with Gasteiger partial charge in [-0.15, -0.1) is 0 Å². The van der Waals surface area contributed by atoms with Gasteiger partial charge in [0.2, 0.25) is 0 Å². The van der Waals surface area contributed by atoms with Crippen molar-refractivity contribution in [2.75, 3.05) is 11.5 Å². The Hall–Kier alpha value is -1.02. The van der Waals surface area contributed by atoms with E-state index < -0.39 is 0 Å². The van der Waals surface area contributed by atoms with Crippen LogP contribution in [0.5, 0.6) is 0 Å². The molecule has 4 aliphatic rings. The topological polar surface area (TPSA) is 12.4 Å². The van der Waals surface area contributed by atoms with Crippen LogP contribution in [0.25, 0.3) is 0 Å². The number of rotatable bonds is 4. The summed E-state index contributed by atoms with van der Waals surface area (Å²) in [7, 11) is 0. The van der Waals surface area contributed by atoms with Crippen molar-refractivity contribution in [3.05, 3.63) is 47.7 Å². The molecule has 0 amide bonds. The van der Waals surface area contributed by atoms with Crippen LogP contribution >= 0.6 is 11.8 Å². The highest BCUT2D eigenvalue weighted by Gasteiger charge is 2.55. The second-order valence-electron chi connectivity index (χ2n) is 7.83. The standard InChI is InChI=1S/C21H27NS/c1-4-5-8-18-20-17(10-15-7-6-9-23-13-15)14(2)22-19(20)11-16-12-21(16,18)3/h4-5,8,11,15-17H,1,6-7,9-10,12-13H2,2-3H3/b8-5-. The van der Waals surface area contributed by atoms with Crippen molar-refractivity contribution in [1.82, 2.24) is 0 Å². The molecule has 2 aliphatic carbocycles. The SMILES string of the molecule is C=C/C=C\C1=C2C(=CC3CC13C)N=C(C)C2CC1CCCSC1. The van der Waals surface area contributed by atoms with Crippen LogP contribution in [0.1, 0.15) is 39.5 Å². The van der Waals surface area contributed by atoms with E-state index in [1.807, 2.05) is 6.08 Å². The average Bonchev–Trinajstić information content (AvgIpc) is 3.12. The minimum atomic E-state index is 0.359. The fourth-order valence-electron chi connectivity index (χ4n) is 4.68. The van der Waals surface area contributed by atoms with Crippen LogP contribution in [0.4, 0.5) is 0 Å². The van der Waals surface area contributed by atoms with Gasteiger partial charge in [0.25, 0.3) is 0 Å². The first-order valence-corrected chi connectivity index (χ1v) is 10.2. The predicted molar refractivity (Wildman–Crippen MR) is 102 cm³/mol. The summed E-state index contributed by atoms with van der Waals surface area (Å²) in [6.07, 6.45) is 14.2. The number of thioether (sulfide) groups is 1. The molecule has 4 rings (SSSR count). The van der Waals surface area contributed by atoms with Crippen LogP contribution in [-0.4, -0.2) is 17.2 Å². The van der Waals surface area contributed by atoms with Gasteiger partial charge < -0.3 is 0 Å². The largest absolute Gasteiger partial charge is 0.257 e. The van der Waals surface area contributed by atoms with Gasteiger partial charge in [-0.05, 0) is 72.5 Å². The lowest BCUT2D eigenvalue weighted by molar-refractivity contribution is 0.455. The lowest BCUT2D eigenvalue weighted by Gasteiger charge is -2.28. The fraction of sp³-hybridized carbons (Fsp3) is 0.571. The number of aliphatic imine (C=N–C) groups is 1. The van der Waals surface area contributed by atoms with Crippen LogP contribution in [0.2, 0.25) is 0 Å². The van der Waals surface area contributed by atoms with E-state index in [4.69, 9.17) is 4.99 Å². The van der Waals surface area contributed by atoms with E-state index in [0.29, 0.717) is 17.3 Å². The van der Waals surface area contributed by atoms with Gasteiger partial charge in [0, 0.05) is 11.6 Å². The van der Waals surface area contributed by atoms with Gasteiger partial charge in [0.15, 0.2) is 0 Å². The third-order valence-electron chi connectivity index (χ3n) is 6.21. The van der Waals surface area contributed by atoms with Crippen LogP contribution < -0.4 is 0 Å². The molecule has 1 nitrogen and oxygen atoms in total. The van der Waals surface area contributed by atoms with E-state index in [-0.39, 0.29) is 0 Å². The molecular formula is C21H27NS. The van der Waals surface area contributed by atoms with E-state index in [1.54, 1.807) is 11.1 Å².